The number of fused-ring (bicyclic) bond motifs is 2. The number of aliphatic imine (C=N–C) groups is 2. The number of benzene rings is 2. The zero-order chi connectivity index (χ0) is 18.8. The summed E-state index contributed by atoms with van der Waals surface area (Å²) >= 11 is 0.569. The summed E-state index contributed by atoms with van der Waals surface area (Å²) in [4.78, 5) is 10.4. The van der Waals surface area contributed by atoms with E-state index in [2.05, 4.69) is 60.7 Å². The summed E-state index contributed by atoms with van der Waals surface area (Å²) in [6.07, 6.45) is 1.44. The zero-order valence-corrected chi connectivity index (χ0v) is 17.6. The van der Waals surface area contributed by atoms with Gasteiger partial charge >= 0.3 is 33.0 Å². The summed E-state index contributed by atoms with van der Waals surface area (Å²) in [6, 6.07) is 21.2. The third-order valence-electron chi connectivity index (χ3n) is 7.90. The van der Waals surface area contributed by atoms with Crippen LogP contribution in [-0.2, 0) is 12.7 Å². The van der Waals surface area contributed by atoms with Gasteiger partial charge < -0.3 is 0 Å². The van der Waals surface area contributed by atoms with E-state index in [-0.39, 0.29) is 0 Å². The van der Waals surface area contributed by atoms with Crippen molar-refractivity contribution in [3.63, 3.8) is 0 Å². The number of rotatable bonds is 2. The van der Waals surface area contributed by atoms with Gasteiger partial charge in [0, 0.05) is 35.1 Å². The Kier molecular flexibility index (Phi) is 4.23. The normalized spacial score (nSPS) is 42.9. The van der Waals surface area contributed by atoms with Crippen LogP contribution < -0.4 is 0 Å². The van der Waals surface area contributed by atoms with Crippen molar-refractivity contribution < 1.29 is 12.7 Å². The van der Waals surface area contributed by atoms with Crippen molar-refractivity contribution in [1.29, 1.82) is 0 Å². The maximum Gasteiger partial charge on any atom is 0.0629 e. The molecule has 7 rings (SSSR count). The standard InChI is InChI=1S/C23H20N2.2ClH.Ni/c1-3-7-12(8-4-1)24-22-18-14-11-15-17-16(14)20(22)21(17)23(19(15)18)25-13-9-5-2-6-10-13;;;/h1-10,14-21H,11H2;2*1H;/q;;;+2/p-2. The van der Waals surface area contributed by atoms with Gasteiger partial charge in [-0.1, -0.05) is 36.4 Å². The Morgan fingerprint density at radius 3 is 1.43 bits per heavy atom. The van der Waals surface area contributed by atoms with Crippen molar-refractivity contribution in [2.75, 3.05) is 0 Å². The fourth-order valence-electron chi connectivity index (χ4n) is 7.46. The van der Waals surface area contributed by atoms with Crippen LogP contribution in [0, 0.1) is 47.3 Å². The van der Waals surface area contributed by atoms with Gasteiger partial charge in [-0.3, -0.25) is 9.98 Å². The van der Waals surface area contributed by atoms with E-state index in [0.29, 0.717) is 36.3 Å². The largest absolute Gasteiger partial charge is 0.257 e. The van der Waals surface area contributed by atoms with Crippen molar-refractivity contribution in [2.45, 2.75) is 6.42 Å². The molecule has 8 unspecified atom stereocenters. The van der Waals surface area contributed by atoms with Crippen LogP contribution in [0.25, 0.3) is 0 Å². The number of halogens is 2. The molecule has 5 aliphatic carbocycles. The molecular weight excluding hydrogens is 434 g/mol. The Morgan fingerprint density at radius 2 is 1.04 bits per heavy atom. The predicted molar refractivity (Wildman–Crippen MR) is 111 cm³/mol. The molecule has 8 atom stereocenters. The quantitative estimate of drug-likeness (QED) is 0.477. The molecule has 0 amide bonds. The number of para-hydroxylation sites is 2. The van der Waals surface area contributed by atoms with E-state index in [0.717, 1.165) is 35.0 Å². The molecule has 0 heterocycles. The Labute approximate surface area is 179 Å². The third-order valence-corrected chi connectivity index (χ3v) is 7.90. The van der Waals surface area contributed by atoms with Gasteiger partial charge in [0.2, 0.25) is 0 Å². The molecule has 5 heteroatoms. The second-order valence-corrected chi connectivity index (χ2v) is 10.2. The van der Waals surface area contributed by atoms with Crippen molar-refractivity contribution in [3.05, 3.63) is 60.7 Å². The van der Waals surface area contributed by atoms with Crippen LogP contribution in [0.3, 0.4) is 0 Å². The molecule has 146 valence electrons. The predicted octanol–water partition coefficient (Wildman–Crippen LogP) is 6.30. The average molecular weight is 454 g/mol. The Hall–Kier alpha value is -1.15. The first-order chi connectivity index (χ1) is 13.8. The molecule has 28 heavy (non-hydrogen) atoms. The van der Waals surface area contributed by atoms with E-state index < -0.39 is 0 Å². The van der Waals surface area contributed by atoms with Crippen LogP contribution in [0.1, 0.15) is 6.42 Å². The van der Waals surface area contributed by atoms with Gasteiger partial charge in [0.1, 0.15) is 0 Å². The number of hydrogen-bond donors (Lipinski definition) is 0. The SMILES string of the molecule is [Cl][Ni][Cl].c1ccc(N=C2C3C4CC5C3C(=Nc3ccccc3)C3C2C4C53)cc1. The molecular formula is C23H20Cl2N2Ni. The summed E-state index contributed by atoms with van der Waals surface area (Å²) in [5, 5.41) is 0. The minimum Gasteiger partial charge on any atom is -0.257 e. The fourth-order valence-corrected chi connectivity index (χ4v) is 7.46. The average Bonchev–Trinajstić information content (AvgIpc) is 3.24. The minimum absolute atomic E-state index is 0.569. The fraction of sp³-hybridized carbons (Fsp3) is 0.391. The van der Waals surface area contributed by atoms with E-state index >= 15 is 0 Å². The maximum absolute atomic E-state index is 5.18. The van der Waals surface area contributed by atoms with Crippen molar-refractivity contribution >= 4 is 43.2 Å². The van der Waals surface area contributed by atoms with Gasteiger partial charge in [-0.15, -0.1) is 0 Å². The van der Waals surface area contributed by atoms with Crippen LogP contribution >= 0.6 is 20.4 Å². The molecule has 2 nitrogen and oxygen atoms in total. The van der Waals surface area contributed by atoms with Crippen molar-refractivity contribution in [1.82, 2.24) is 0 Å². The van der Waals surface area contributed by atoms with Crippen LogP contribution in [0.2, 0.25) is 0 Å². The Bertz CT molecular complexity index is 880. The molecule has 0 spiro atoms. The number of hydrogen-bond acceptors (Lipinski definition) is 2. The molecule has 0 aliphatic heterocycles. The summed E-state index contributed by atoms with van der Waals surface area (Å²) < 4.78 is 0. The van der Waals surface area contributed by atoms with Gasteiger partial charge in [-0.05, 0) is 54.4 Å². The van der Waals surface area contributed by atoms with Gasteiger partial charge in [-0.25, -0.2) is 0 Å². The summed E-state index contributed by atoms with van der Waals surface area (Å²) in [5.74, 6) is 6.47. The van der Waals surface area contributed by atoms with E-state index in [9.17, 15) is 0 Å². The molecule has 0 radical (unpaired) electrons. The molecule has 2 aromatic carbocycles. The summed E-state index contributed by atoms with van der Waals surface area (Å²) in [6.45, 7) is 0. The minimum atomic E-state index is 0.569. The molecule has 0 N–H and O–H groups in total. The van der Waals surface area contributed by atoms with E-state index in [1.54, 1.807) is 11.4 Å². The van der Waals surface area contributed by atoms with Crippen molar-refractivity contribution in [2.24, 2.45) is 57.3 Å². The molecule has 5 fully saturated rings. The van der Waals surface area contributed by atoms with E-state index in [4.69, 9.17) is 30.4 Å². The van der Waals surface area contributed by atoms with Crippen LogP contribution in [0.5, 0.6) is 0 Å². The Balaban J connectivity index is 0.000000491. The first-order valence-electron chi connectivity index (χ1n) is 9.93. The summed E-state index contributed by atoms with van der Waals surface area (Å²) in [5.41, 5.74) is 5.37. The maximum atomic E-state index is 5.18. The Morgan fingerprint density at radius 1 is 0.643 bits per heavy atom. The second-order valence-electron chi connectivity index (χ2n) is 8.61. The van der Waals surface area contributed by atoms with Crippen molar-refractivity contribution in [3.8, 4) is 0 Å². The molecule has 5 aliphatic rings. The van der Waals surface area contributed by atoms with Crippen LogP contribution in [-0.4, -0.2) is 11.4 Å². The van der Waals surface area contributed by atoms with E-state index in [1.807, 2.05) is 0 Å². The van der Waals surface area contributed by atoms with Gasteiger partial charge in [0.05, 0.1) is 11.4 Å². The summed E-state index contributed by atoms with van der Waals surface area (Å²) in [7, 11) is 9.40. The van der Waals surface area contributed by atoms with Gasteiger partial charge in [0.15, 0.2) is 0 Å². The van der Waals surface area contributed by atoms with Gasteiger partial charge in [-0.2, -0.15) is 0 Å². The van der Waals surface area contributed by atoms with Crippen LogP contribution in [0.15, 0.2) is 70.6 Å². The smallest absolute Gasteiger partial charge is 0.0629 e. The molecule has 0 saturated heterocycles. The molecule has 2 aromatic rings. The third kappa shape index (κ3) is 2.27. The monoisotopic (exact) mass is 452 g/mol. The molecule has 2 bridgehead atoms. The topological polar surface area (TPSA) is 24.7 Å². The first kappa shape index (κ1) is 17.7. The number of nitrogens with zero attached hydrogens (tertiary/aromatic N) is 2. The van der Waals surface area contributed by atoms with E-state index in [1.165, 1.54) is 6.42 Å². The molecule has 5 saturated carbocycles. The zero-order valence-electron chi connectivity index (χ0n) is 15.1. The van der Waals surface area contributed by atoms with Crippen LogP contribution in [0.4, 0.5) is 11.4 Å². The first-order valence-corrected chi connectivity index (χ1v) is 12.6. The molecule has 0 aromatic heterocycles. The van der Waals surface area contributed by atoms with Gasteiger partial charge in [0.25, 0.3) is 0 Å². The second kappa shape index (κ2) is 6.69.